The molecule has 1 saturated heterocycles. The zero-order chi connectivity index (χ0) is 20.7. The van der Waals surface area contributed by atoms with Crippen molar-refractivity contribution >= 4 is 17.3 Å². The largest absolute Gasteiger partial charge is 0.378 e. The van der Waals surface area contributed by atoms with Gasteiger partial charge in [-0.1, -0.05) is 24.3 Å². The molecule has 1 N–H and O–H groups in total. The summed E-state index contributed by atoms with van der Waals surface area (Å²) < 4.78 is 5.39. The van der Waals surface area contributed by atoms with Crippen molar-refractivity contribution in [3.63, 3.8) is 0 Å². The molecule has 5 heteroatoms. The highest BCUT2D eigenvalue weighted by Gasteiger charge is 2.38. The van der Waals surface area contributed by atoms with Crippen molar-refractivity contribution in [1.29, 1.82) is 0 Å². The SMILES string of the molecule is CN(C)c1ccc(C2Nc3ccc(C(=O)N4CCOCC4)cc3C3C=CCC32)cc1. The van der Waals surface area contributed by atoms with Crippen LogP contribution in [0.1, 0.15) is 39.9 Å². The number of hydrogen-bond donors (Lipinski definition) is 1. The summed E-state index contributed by atoms with van der Waals surface area (Å²) in [5.74, 6) is 0.926. The Hall–Kier alpha value is -2.79. The Balaban J connectivity index is 1.44. The number of hydrogen-bond acceptors (Lipinski definition) is 4. The molecule has 3 unspecified atom stereocenters. The van der Waals surface area contributed by atoms with Crippen molar-refractivity contribution in [3.8, 4) is 0 Å². The van der Waals surface area contributed by atoms with E-state index in [-0.39, 0.29) is 11.9 Å². The number of morpholine rings is 1. The van der Waals surface area contributed by atoms with Crippen LogP contribution < -0.4 is 10.2 Å². The maximum atomic E-state index is 13.0. The maximum Gasteiger partial charge on any atom is 0.254 e. The number of rotatable bonds is 3. The van der Waals surface area contributed by atoms with Gasteiger partial charge in [-0.25, -0.2) is 0 Å². The summed E-state index contributed by atoms with van der Waals surface area (Å²) in [7, 11) is 4.13. The maximum absolute atomic E-state index is 13.0. The number of fused-ring (bicyclic) bond motifs is 3. The van der Waals surface area contributed by atoms with Gasteiger partial charge in [0.25, 0.3) is 5.91 Å². The molecule has 2 aliphatic heterocycles. The smallest absolute Gasteiger partial charge is 0.254 e. The highest BCUT2D eigenvalue weighted by Crippen LogP contribution is 2.50. The zero-order valence-corrected chi connectivity index (χ0v) is 17.7. The first-order chi connectivity index (χ1) is 14.6. The molecule has 5 rings (SSSR count). The summed E-state index contributed by atoms with van der Waals surface area (Å²) in [6.45, 7) is 2.59. The van der Waals surface area contributed by atoms with E-state index < -0.39 is 0 Å². The van der Waals surface area contributed by atoms with Crippen molar-refractivity contribution in [2.75, 3.05) is 50.6 Å². The highest BCUT2D eigenvalue weighted by molar-refractivity contribution is 5.95. The van der Waals surface area contributed by atoms with Crippen LogP contribution in [-0.2, 0) is 4.74 Å². The number of ether oxygens (including phenoxy) is 1. The quantitative estimate of drug-likeness (QED) is 0.786. The number of allylic oxidation sites excluding steroid dienone is 2. The van der Waals surface area contributed by atoms with E-state index in [9.17, 15) is 4.79 Å². The Labute approximate surface area is 178 Å². The lowest BCUT2D eigenvalue weighted by Crippen LogP contribution is -2.40. The molecular formula is C25H29N3O2. The molecule has 0 bridgehead atoms. The van der Waals surface area contributed by atoms with Crippen LogP contribution in [0.5, 0.6) is 0 Å². The fourth-order valence-electron chi connectivity index (χ4n) is 4.99. The van der Waals surface area contributed by atoms with Crippen LogP contribution in [0.25, 0.3) is 0 Å². The lowest BCUT2D eigenvalue weighted by atomic mass is 9.76. The van der Waals surface area contributed by atoms with Crippen LogP contribution >= 0.6 is 0 Å². The molecule has 0 radical (unpaired) electrons. The first kappa shape index (κ1) is 19.2. The molecule has 1 aliphatic carbocycles. The van der Waals surface area contributed by atoms with Gasteiger partial charge in [-0.15, -0.1) is 0 Å². The molecular weight excluding hydrogens is 374 g/mol. The van der Waals surface area contributed by atoms with E-state index in [0.717, 1.165) is 17.7 Å². The molecule has 0 saturated carbocycles. The van der Waals surface area contributed by atoms with E-state index in [0.29, 0.717) is 38.1 Å². The number of amides is 1. The minimum absolute atomic E-state index is 0.112. The van der Waals surface area contributed by atoms with Crippen molar-refractivity contribution in [2.45, 2.75) is 18.4 Å². The topological polar surface area (TPSA) is 44.8 Å². The van der Waals surface area contributed by atoms with Crippen molar-refractivity contribution < 1.29 is 9.53 Å². The van der Waals surface area contributed by atoms with Gasteiger partial charge in [0.15, 0.2) is 0 Å². The Morgan fingerprint density at radius 1 is 1.10 bits per heavy atom. The van der Waals surface area contributed by atoms with Crippen molar-refractivity contribution in [1.82, 2.24) is 4.90 Å². The predicted octanol–water partition coefficient (Wildman–Crippen LogP) is 4.05. The van der Waals surface area contributed by atoms with Gasteiger partial charge in [0.05, 0.1) is 19.3 Å². The van der Waals surface area contributed by atoms with Crippen molar-refractivity contribution in [2.24, 2.45) is 5.92 Å². The Morgan fingerprint density at radius 3 is 2.60 bits per heavy atom. The monoisotopic (exact) mass is 403 g/mol. The Bertz CT molecular complexity index is 961. The van der Waals surface area contributed by atoms with Gasteiger partial charge in [-0.2, -0.15) is 0 Å². The molecule has 3 aliphatic rings. The summed E-state index contributed by atoms with van der Waals surface area (Å²) in [5, 5.41) is 3.78. The molecule has 30 heavy (non-hydrogen) atoms. The summed E-state index contributed by atoms with van der Waals surface area (Å²) in [6, 6.07) is 15.3. The first-order valence-corrected chi connectivity index (χ1v) is 10.8. The lowest BCUT2D eigenvalue weighted by Gasteiger charge is -2.38. The van der Waals surface area contributed by atoms with Gasteiger partial charge in [0, 0.05) is 50.0 Å². The minimum atomic E-state index is 0.112. The second-order valence-corrected chi connectivity index (χ2v) is 8.67. The third-order valence-corrected chi connectivity index (χ3v) is 6.68. The Kier molecular flexibility index (Phi) is 4.99. The van der Waals surface area contributed by atoms with Gasteiger partial charge < -0.3 is 19.9 Å². The van der Waals surface area contributed by atoms with E-state index in [2.05, 4.69) is 72.9 Å². The number of anilines is 2. The third kappa shape index (κ3) is 3.37. The normalized spacial score (nSPS) is 24.7. The van der Waals surface area contributed by atoms with Crippen molar-refractivity contribution in [3.05, 3.63) is 71.3 Å². The summed E-state index contributed by atoms with van der Waals surface area (Å²) in [6.07, 6.45) is 5.68. The summed E-state index contributed by atoms with van der Waals surface area (Å²) in [4.78, 5) is 17.0. The molecule has 2 aromatic carbocycles. The molecule has 5 nitrogen and oxygen atoms in total. The van der Waals surface area contributed by atoms with E-state index in [1.165, 1.54) is 16.8 Å². The fourth-order valence-corrected chi connectivity index (χ4v) is 4.99. The van der Waals surface area contributed by atoms with Gasteiger partial charge in [-0.3, -0.25) is 4.79 Å². The van der Waals surface area contributed by atoms with E-state index in [4.69, 9.17) is 4.74 Å². The molecule has 1 fully saturated rings. The van der Waals surface area contributed by atoms with Gasteiger partial charge in [0.1, 0.15) is 0 Å². The number of carbonyl (C=O) groups excluding carboxylic acids is 1. The average Bonchev–Trinajstić information content (AvgIpc) is 3.29. The number of nitrogens with zero attached hydrogens (tertiary/aromatic N) is 2. The lowest BCUT2D eigenvalue weighted by molar-refractivity contribution is 0.0303. The van der Waals surface area contributed by atoms with E-state index >= 15 is 0 Å². The van der Waals surface area contributed by atoms with Gasteiger partial charge in [-0.05, 0) is 53.8 Å². The van der Waals surface area contributed by atoms with Crippen LogP contribution in [0.3, 0.4) is 0 Å². The molecule has 2 aromatic rings. The van der Waals surface area contributed by atoms with E-state index in [1.807, 2.05) is 11.0 Å². The first-order valence-electron chi connectivity index (χ1n) is 10.8. The molecule has 0 aromatic heterocycles. The summed E-state index contributed by atoms with van der Waals surface area (Å²) >= 11 is 0. The second-order valence-electron chi connectivity index (χ2n) is 8.67. The van der Waals surface area contributed by atoms with Crippen LogP contribution in [0.4, 0.5) is 11.4 Å². The fraction of sp³-hybridized carbons (Fsp3) is 0.400. The predicted molar refractivity (Wildman–Crippen MR) is 120 cm³/mol. The molecule has 0 spiro atoms. The van der Waals surface area contributed by atoms with Gasteiger partial charge >= 0.3 is 0 Å². The second kappa shape index (κ2) is 7.80. The van der Waals surface area contributed by atoms with Crippen LogP contribution in [0, 0.1) is 5.92 Å². The average molecular weight is 404 g/mol. The zero-order valence-electron chi connectivity index (χ0n) is 17.7. The van der Waals surface area contributed by atoms with Gasteiger partial charge in [0.2, 0.25) is 0 Å². The molecule has 1 amide bonds. The third-order valence-electron chi connectivity index (χ3n) is 6.68. The molecule has 156 valence electrons. The van der Waals surface area contributed by atoms with Crippen LogP contribution in [0.2, 0.25) is 0 Å². The molecule has 3 atom stereocenters. The summed E-state index contributed by atoms with van der Waals surface area (Å²) in [5.41, 5.74) is 5.70. The van der Waals surface area contributed by atoms with E-state index in [1.54, 1.807) is 0 Å². The van der Waals surface area contributed by atoms with Crippen LogP contribution in [0.15, 0.2) is 54.6 Å². The minimum Gasteiger partial charge on any atom is -0.378 e. The number of carbonyl (C=O) groups is 1. The molecule has 2 heterocycles. The standard InChI is InChI=1S/C25H29N3O2/c1-27(2)19-9-6-17(7-10-19)24-21-5-3-4-20(21)22-16-18(8-11-23(22)26-24)25(29)28-12-14-30-15-13-28/h3-4,6-11,16,20-21,24,26H,5,12-15H2,1-2H3. The van der Waals surface area contributed by atoms with Crippen LogP contribution in [-0.4, -0.2) is 51.2 Å². The highest BCUT2D eigenvalue weighted by atomic mass is 16.5. The number of benzene rings is 2. The number of nitrogens with one attached hydrogen (secondary N) is 1. The Morgan fingerprint density at radius 2 is 1.87 bits per heavy atom.